The van der Waals surface area contributed by atoms with Crippen LogP contribution in [0, 0.1) is 5.82 Å². The van der Waals surface area contributed by atoms with Gasteiger partial charge in [-0.1, -0.05) is 0 Å². The average Bonchev–Trinajstić information content (AvgIpc) is 2.83. The zero-order valence-corrected chi connectivity index (χ0v) is 13.8. The standard InChI is InChI=1S/C17H12ClF3N2O3/c18-17(20,21)26-13-7-3-11(4-8-13)22-14-9-15(24)23(16(14)25)12-5-1-10(19)2-6-12/h1-8,14,22H,9H2/t14-/m0/s1. The quantitative estimate of drug-likeness (QED) is 0.630. The van der Waals surface area contributed by atoms with E-state index in [1.54, 1.807) is 0 Å². The molecule has 3 rings (SSSR count). The summed E-state index contributed by atoms with van der Waals surface area (Å²) in [5, 5.41) is 2.86. The highest BCUT2D eigenvalue weighted by molar-refractivity contribution is 6.23. The molecule has 0 spiro atoms. The third-order valence-corrected chi connectivity index (χ3v) is 3.74. The molecule has 2 amide bonds. The Morgan fingerprint density at radius 3 is 2.27 bits per heavy atom. The van der Waals surface area contributed by atoms with E-state index < -0.39 is 29.2 Å². The number of rotatable bonds is 5. The lowest BCUT2D eigenvalue weighted by Gasteiger charge is -2.16. The van der Waals surface area contributed by atoms with Gasteiger partial charge in [0.2, 0.25) is 5.91 Å². The molecule has 0 aromatic heterocycles. The molecule has 9 heteroatoms. The Morgan fingerprint density at radius 2 is 1.69 bits per heavy atom. The third-order valence-electron chi connectivity index (χ3n) is 3.66. The molecule has 0 saturated carbocycles. The molecule has 1 atom stereocenters. The normalized spacial score (nSPS) is 17.5. The maximum atomic E-state index is 13.0. The van der Waals surface area contributed by atoms with E-state index in [1.807, 2.05) is 0 Å². The molecule has 26 heavy (non-hydrogen) atoms. The number of nitrogens with one attached hydrogen (secondary N) is 1. The van der Waals surface area contributed by atoms with Crippen molar-refractivity contribution in [3.05, 3.63) is 54.3 Å². The van der Waals surface area contributed by atoms with E-state index in [2.05, 4.69) is 21.7 Å². The minimum absolute atomic E-state index is 0.0891. The van der Waals surface area contributed by atoms with Crippen LogP contribution in [0.3, 0.4) is 0 Å². The van der Waals surface area contributed by atoms with Crippen LogP contribution in [0.1, 0.15) is 6.42 Å². The Morgan fingerprint density at radius 1 is 1.08 bits per heavy atom. The van der Waals surface area contributed by atoms with E-state index in [4.69, 9.17) is 0 Å². The van der Waals surface area contributed by atoms with Gasteiger partial charge in [0.05, 0.1) is 12.1 Å². The highest BCUT2D eigenvalue weighted by Gasteiger charge is 2.39. The number of imide groups is 1. The van der Waals surface area contributed by atoms with Gasteiger partial charge in [0.25, 0.3) is 5.91 Å². The van der Waals surface area contributed by atoms with Crippen molar-refractivity contribution in [3.8, 4) is 5.75 Å². The fourth-order valence-corrected chi connectivity index (χ4v) is 2.65. The molecule has 1 aliphatic rings. The number of halogens is 4. The number of carbonyl (C=O) groups is 2. The van der Waals surface area contributed by atoms with E-state index in [0.717, 1.165) is 17.0 Å². The molecule has 136 valence electrons. The summed E-state index contributed by atoms with van der Waals surface area (Å²) in [6, 6.07) is 9.48. The second-order valence-electron chi connectivity index (χ2n) is 5.52. The van der Waals surface area contributed by atoms with E-state index in [0.29, 0.717) is 5.69 Å². The van der Waals surface area contributed by atoms with Crippen molar-refractivity contribution in [2.45, 2.75) is 18.0 Å². The fourth-order valence-electron chi connectivity index (χ4n) is 2.56. The monoisotopic (exact) mass is 384 g/mol. The summed E-state index contributed by atoms with van der Waals surface area (Å²) in [7, 11) is 0. The van der Waals surface area contributed by atoms with Gasteiger partial charge in [-0.05, 0) is 48.5 Å². The first-order valence-corrected chi connectivity index (χ1v) is 7.85. The van der Waals surface area contributed by atoms with Crippen LogP contribution in [0.25, 0.3) is 0 Å². The largest absolute Gasteiger partial charge is 0.487 e. The first kappa shape index (κ1) is 18.1. The lowest BCUT2D eigenvalue weighted by Crippen LogP contribution is -2.34. The van der Waals surface area contributed by atoms with E-state index in [1.165, 1.54) is 36.4 Å². The predicted octanol–water partition coefficient (Wildman–Crippen LogP) is 3.74. The summed E-state index contributed by atoms with van der Waals surface area (Å²) < 4.78 is 42.3. The molecular weight excluding hydrogens is 373 g/mol. The molecule has 0 radical (unpaired) electrons. The van der Waals surface area contributed by atoms with Crippen molar-refractivity contribution in [3.63, 3.8) is 0 Å². The predicted molar refractivity (Wildman–Crippen MR) is 88.8 cm³/mol. The van der Waals surface area contributed by atoms with Gasteiger partial charge in [0.1, 0.15) is 17.6 Å². The number of anilines is 2. The molecule has 2 aromatic carbocycles. The topological polar surface area (TPSA) is 58.6 Å². The van der Waals surface area contributed by atoms with E-state index in [-0.39, 0.29) is 17.9 Å². The van der Waals surface area contributed by atoms with Gasteiger partial charge in [-0.15, -0.1) is 8.78 Å². The maximum Gasteiger partial charge on any atom is 0.487 e. The van der Waals surface area contributed by atoms with Crippen molar-refractivity contribution in [2.24, 2.45) is 0 Å². The van der Waals surface area contributed by atoms with E-state index >= 15 is 0 Å². The number of nitrogens with zero attached hydrogens (tertiary/aromatic N) is 1. The van der Waals surface area contributed by atoms with Gasteiger partial charge in [0.15, 0.2) is 0 Å². The van der Waals surface area contributed by atoms with Crippen molar-refractivity contribution < 1.29 is 27.5 Å². The number of alkyl halides is 3. The summed E-state index contributed by atoms with van der Waals surface area (Å²) in [5.74, 6) is -1.56. The van der Waals surface area contributed by atoms with Crippen molar-refractivity contribution in [2.75, 3.05) is 10.2 Å². The van der Waals surface area contributed by atoms with E-state index in [9.17, 15) is 22.8 Å². The summed E-state index contributed by atoms with van der Waals surface area (Å²) in [6.07, 6.45) is -0.0891. The first-order valence-electron chi connectivity index (χ1n) is 7.48. The van der Waals surface area contributed by atoms with Crippen LogP contribution in [-0.2, 0) is 9.59 Å². The van der Waals surface area contributed by atoms with Gasteiger partial charge >= 0.3 is 5.57 Å². The molecule has 0 unspecified atom stereocenters. The minimum atomic E-state index is -3.82. The number of ether oxygens (including phenoxy) is 1. The minimum Gasteiger partial charge on any atom is -0.420 e. The highest BCUT2D eigenvalue weighted by Crippen LogP contribution is 2.28. The Balaban J connectivity index is 1.70. The molecule has 1 aliphatic heterocycles. The Kier molecular flexibility index (Phi) is 4.78. The van der Waals surface area contributed by atoms with Gasteiger partial charge in [-0.2, -0.15) is 0 Å². The number of benzene rings is 2. The summed E-state index contributed by atoms with van der Waals surface area (Å²) in [5.41, 5.74) is -3.11. The van der Waals surface area contributed by atoms with Crippen molar-refractivity contribution in [1.29, 1.82) is 0 Å². The number of amides is 2. The van der Waals surface area contributed by atoms with Crippen LogP contribution in [0.4, 0.5) is 24.5 Å². The molecule has 1 N–H and O–H groups in total. The molecule has 1 heterocycles. The van der Waals surface area contributed by atoms with Crippen LogP contribution in [0.5, 0.6) is 5.75 Å². The smallest absolute Gasteiger partial charge is 0.420 e. The van der Waals surface area contributed by atoms with Crippen LogP contribution in [0.15, 0.2) is 48.5 Å². The molecule has 0 aliphatic carbocycles. The summed E-state index contributed by atoms with van der Waals surface area (Å²) in [4.78, 5) is 25.6. The number of hydrogen-bond acceptors (Lipinski definition) is 4. The fraction of sp³-hybridized carbons (Fsp3) is 0.176. The van der Waals surface area contributed by atoms with Crippen LogP contribution < -0.4 is 15.0 Å². The molecule has 5 nitrogen and oxygen atoms in total. The second kappa shape index (κ2) is 6.87. The molecule has 1 saturated heterocycles. The molecular formula is C17H12ClF3N2O3. The molecule has 0 bridgehead atoms. The second-order valence-corrected chi connectivity index (χ2v) is 5.96. The maximum absolute atomic E-state index is 13.0. The molecule has 2 aromatic rings. The Bertz CT molecular complexity index is 823. The lowest BCUT2D eigenvalue weighted by atomic mass is 10.2. The summed E-state index contributed by atoms with van der Waals surface area (Å²) >= 11 is 4.68. The van der Waals surface area contributed by atoms with Crippen LogP contribution in [0.2, 0.25) is 0 Å². The molecule has 1 fully saturated rings. The number of carbonyl (C=O) groups excluding carboxylic acids is 2. The average molecular weight is 385 g/mol. The van der Waals surface area contributed by atoms with Crippen molar-refractivity contribution in [1.82, 2.24) is 0 Å². The number of hydrogen-bond donors (Lipinski definition) is 1. The highest BCUT2D eigenvalue weighted by atomic mass is 35.5. The van der Waals surface area contributed by atoms with Crippen LogP contribution in [-0.4, -0.2) is 23.4 Å². The first-order chi connectivity index (χ1) is 12.2. The third kappa shape index (κ3) is 4.08. The van der Waals surface area contributed by atoms with Gasteiger partial charge < -0.3 is 10.1 Å². The lowest BCUT2D eigenvalue weighted by molar-refractivity contribution is -0.121. The Hall–Kier alpha value is -2.74. The zero-order chi connectivity index (χ0) is 18.9. The SMILES string of the molecule is O=C1C[C@H](Nc2ccc(OC(F)(F)Cl)cc2)C(=O)N1c1ccc(F)cc1. The van der Waals surface area contributed by atoms with Crippen LogP contribution >= 0.6 is 11.6 Å². The zero-order valence-electron chi connectivity index (χ0n) is 13.1. The summed E-state index contributed by atoms with van der Waals surface area (Å²) in [6.45, 7) is 0. The Labute approximate surface area is 151 Å². The van der Waals surface area contributed by atoms with Gasteiger partial charge in [0, 0.05) is 17.3 Å². The van der Waals surface area contributed by atoms with Crippen molar-refractivity contribution >= 4 is 34.8 Å². The van der Waals surface area contributed by atoms with Gasteiger partial charge in [-0.3, -0.25) is 9.59 Å². The van der Waals surface area contributed by atoms with Gasteiger partial charge in [-0.25, -0.2) is 9.29 Å².